The van der Waals surface area contributed by atoms with E-state index >= 15 is 0 Å². The number of anilines is 1. The van der Waals surface area contributed by atoms with E-state index in [2.05, 4.69) is 15.0 Å². The van der Waals surface area contributed by atoms with Gasteiger partial charge in [0, 0.05) is 18.5 Å². The first-order valence-corrected chi connectivity index (χ1v) is 6.93. The van der Waals surface area contributed by atoms with Crippen molar-refractivity contribution in [3.05, 3.63) is 23.8 Å². The Labute approximate surface area is 119 Å². The molecule has 3 N–H and O–H groups in total. The fourth-order valence-corrected chi connectivity index (χ4v) is 2.50. The molecule has 1 aromatic carbocycles. The van der Waals surface area contributed by atoms with E-state index in [-0.39, 0.29) is 11.9 Å². The molecule has 20 heavy (non-hydrogen) atoms. The van der Waals surface area contributed by atoms with Gasteiger partial charge >= 0.3 is 5.97 Å². The molecule has 2 aromatic rings. The van der Waals surface area contributed by atoms with E-state index in [1.54, 1.807) is 18.2 Å². The summed E-state index contributed by atoms with van der Waals surface area (Å²) < 4.78 is 5.40. The summed E-state index contributed by atoms with van der Waals surface area (Å²) in [7, 11) is 1.34. The summed E-state index contributed by atoms with van der Waals surface area (Å²) in [6, 6.07) is 5.24. The molecule has 0 fully saturated rings. The third-order valence-electron chi connectivity index (χ3n) is 2.74. The van der Waals surface area contributed by atoms with E-state index < -0.39 is 0 Å². The Hall–Kier alpha value is -2.15. The molecule has 6 nitrogen and oxygen atoms in total. The van der Waals surface area contributed by atoms with Gasteiger partial charge in [-0.25, -0.2) is 4.98 Å². The van der Waals surface area contributed by atoms with Crippen molar-refractivity contribution < 1.29 is 14.3 Å². The van der Waals surface area contributed by atoms with Crippen LogP contribution in [0.3, 0.4) is 0 Å². The lowest BCUT2D eigenvalue weighted by molar-refractivity contribution is -0.140. The number of fused-ring (bicyclic) bond motifs is 1. The molecule has 0 aliphatic heterocycles. The fraction of sp³-hybridized carbons (Fsp3) is 0.308. The molecule has 0 radical (unpaired) electrons. The summed E-state index contributed by atoms with van der Waals surface area (Å²) >= 11 is 1.34. The number of thiazole rings is 1. The number of aromatic nitrogens is 1. The van der Waals surface area contributed by atoms with E-state index in [0.717, 1.165) is 10.2 Å². The topological polar surface area (TPSA) is 94.3 Å². The zero-order valence-corrected chi connectivity index (χ0v) is 11.8. The Morgan fingerprint density at radius 3 is 3.00 bits per heavy atom. The minimum atomic E-state index is -0.277. The second-order valence-corrected chi connectivity index (χ2v) is 5.23. The molecule has 0 saturated carbocycles. The van der Waals surface area contributed by atoms with Crippen LogP contribution in [0.25, 0.3) is 10.2 Å². The number of hydrogen-bond acceptors (Lipinski definition) is 6. The van der Waals surface area contributed by atoms with Gasteiger partial charge in [-0.15, -0.1) is 0 Å². The van der Waals surface area contributed by atoms with Crippen LogP contribution in [0.15, 0.2) is 18.2 Å². The second-order valence-electron chi connectivity index (χ2n) is 4.17. The van der Waals surface area contributed by atoms with Crippen LogP contribution in [-0.2, 0) is 9.53 Å². The molecule has 0 aliphatic rings. The van der Waals surface area contributed by atoms with Crippen molar-refractivity contribution in [3.8, 4) is 0 Å². The summed E-state index contributed by atoms with van der Waals surface area (Å²) in [6.45, 7) is 0.427. The third-order valence-corrected chi connectivity index (χ3v) is 3.59. The highest BCUT2D eigenvalue weighted by Gasteiger charge is 2.08. The molecule has 106 valence electrons. The van der Waals surface area contributed by atoms with Crippen molar-refractivity contribution in [1.82, 2.24) is 10.3 Å². The van der Waals surface area contributed by atoms with Gasteiger partial charge in [0.1, 0.15) is 0 Å². The van der Waals surface area contributed by atoms with Gasteiger partial charge in [0.2, 0.25) is 0 Å². The van der Waals surface area contributed by atoms with Crippen molar-refractivity contribution in [2.75, 3.05) is 19.4 Å². The molecule has 0 atom stereocenters. The SMILES string of the molecule is COC(=O)CCCNC(=O)c1ccc2nc(N)sc2c1. The normalized spacial score (nSPS) is 10.4. The third kappa shape index (κ3) is 3.45. The van der Waals surface area contributed by atoms with Crippen molar-refractivity contribution >= 4 is 38.6 Å². The maximum absolute atomic E-state index is 11.9. The van der Waals surface area contributed by atoms with Gasteiger partial charge in [-0.05, 0) is 24.6 Å². The number of nitrogens with zero attached hydrogens (tertiary/aromatic N) is 1. The van der Waals surface area contributed by atoms with Crippen molar-refractivity contribution in [2.45, 2.75) is 12.8 Å². The molecule has 0 aliphatic carbocycles. The zero-order chi connectivity index (χ0) is 14.5. The summed E-state index contributed by atoms with van der Waals surface area (Å²) in [5.41, 5.74) is 6.96. The summed E-state index contributed by atoms with van der Waals surface area (Å²) in [5, 5.41) is 3.24. The molecule has 1 aromatic heterocycles. The largest absolute Gasteiger partial charge is 0.469 e. The van der Waals surface area contributed by atoms with Gasteiger partial charge in [-0.3, -0.25) is 9.59 Å². The first-order chi connectivity index (χ1) is 9.60. The Balaban J connectivity index is 1.92. The maximum Gasteiger partial charge on any atom is 0.305 e. The van der Waals surface area contributed by atoms with Gasteiger partial charge in [0.05, 0.1) is 17.3 Å². The number of rotatable bonds is 5. The minimum absolute atomic E-state index is 0.177. The van der Waals surface area contributed by atoms with Crippen LogP contribution in [0.2, 0.25) is 0 Å². The summed E-state index contributed by atoms with van der Waals surface area (Å²) in [6.07, 6.45) is 0.843. The number of nitrogen functional groups attached to an aromatic ring is 1. The molecule has 0 spiro atoms. The van der Waals surface area contributed by atoms with Gasteiger partial charge in [-0.2, -0.15) is 0 Å². The first kappa shape index (κ1) is 14.3. The molecule has 0 unspecified atom stereocenters. The predicted octanol–water partition coefficient (Wildman–Crippen LogP) is 1.56. The van der Waals surface area contributed by atoms with E-state index in [4.69, 9.17) is 5.73 Å². The number of hydrogen-bond donors (Lipinski definition) is 2. The van der Waals surface area contributed by atoms with Crippen LogP contribution in [0.4, 0.5) is 5.13 Å². The van der Waals surface area contributed by atoms with E-state index in [1.807, 2.05) is 0 Å². The smallest absolute Gasteiger partial charge is 0.305 e. The average Bonchev–Trinajstić information content (AvgIpc) is 2.81. The van der Waals surface area contributed by atoms with Gasteiger partial charge < -0.3 is 15.8 Å². The minimum Gasteiger partial charge on any atom is -0.469 e. The number of esters is 1. The molecule has 2 rings (SSSR count). The molecule has 1 amide bonds. The maximum atomic E-state index is 11.9. The summed E-state index contributed by atoms with van der Waals surface area (Å²) in [5.74, 6) is -0.454. The molecular formula is C13H15N3O3S. The molecule has 1 heterocycles. The van der Waals surface area contributed by atoms with E-state index in [1.165, 1.54) is 18.4 Å². The lowest BCUT2D eigenvalue weighted by atomic mass is 10.2. The molecular weight excluding hydrogens is 278 g/mol. The van der Waals surface area contributed by atoms with Crippen molar-refractivity contribution in [1.29, 1.82) is 0 Å². The second kappa shape index (κ2) is 6.33. The first-order valence-electron chi connectivity index (χ1n) is 6.11. The lowest BCUT2D eigenvalue weighted by Gasteiger charge is -2.04. The van der Waals surface area contributed by atoms with Crippen LogP contribution in [0.1, 0.15) is 23.2 Å². The van der Waals surface area contributed by atoms with E-state index in [0.29, 0.717) is 30.1 Å². The highest BCUT2D eigenvalue weighted by Crippen LogP contribution is 2.24. The number of ether oxygens (including phenoxy) is 1. The number of methoxy groups -OCH3 is 1. The van der Waals surface area contributed by atoms with Crippen LogP contribution >= 0.6 is 11.3 Å². The predicted molar refractivity (Wildman–Crippen MR) is 77.6 cm³/mol. The number of carbonyl (C=O) groups is 2. The molecule has 0 saturated heterocycles. The van der Waals surface area contributed by atoms with Gasteiger partial charge in [-0.1, -0.05) is 11.3 Å². The Bertz CT molecular complexity index is 639. The monoisotopic (exact) mass is 293 g/mol. The van der Waals surface area contributed by atoms with Crippen LogP contribution in [-0.4, -0.2) is 30.5 Å². The van der Waals surface area contributed by atoms with Crippen LogP contribution in [0, 0.1) is 0 Å². The average molecular weight is 293 g/mol. The number of carbonyl (C=O) groups excluding carboxylic acids is 2. The highest BCUT2D eigenvalue weighted by atomic mass is 32.1. The Morgan fingerprint density at radius 2 is 2.25 bits per heavy atom. The highest BCUT2D eigenvalue weighted by molar-refractivity contribution is 7.22. The van der Waals surface area contributed by atoms with E-state index in [9.17, 15) is 9.59 Å². The number of benzene rings is 1. The number of amides is 1. The quantitative estimate of drug-likeness (QED) is 0.644. The molecule has 7 heteroatoms. The van der Waals surface area contributed by atoms with Crippen LogP contribution in [0.5, 0.6) is 0 Å². The number of nitrogens with two attached hydrogens (primary N) is 1. The lowest BCUT2D eigenvalue weighted by Crippen LogP contribution is -2.24. The standard InChI is InChI=1S/C13H15N3O3S/c1-19-11(17)3-2-6-15-12(18)8-4-5-9-10(7-8)20-13(14)16-9/h4-5,7H,2-3,6H2,1H3,(H2,14,16)(H,15,18). The Kier molecular flexibility index (Phi) is 4.52. The van der Waals surface area contributed by atoms with Gasteiger partial charge in [0.25, 0.3) is 5.91 Å². The fourth-order valence-electron chi connectivity index (χ4n) is 1.72. The Morgan fingerprint density at radius 1 is 1.45 bits per heavy atom. The van der Waals surface area contributed by atoms with Gasteiger partial charge in [0.15, 0.2) is 5.13 Å². The molecule has 0 bridgehead atoms. The number of nitrogens with one attached hydrogen (secondary N) is 1. The summed E-state index contributed by atoms with van der Waals surface area (Å²) in [4.78, 5) is 27.0. The van der Waals surface area contributed by atoms with Crippen LogP contribution < -0.4 is 11.1 Å². The zero-order valence-electron chi connectivity index (χ0n) is 11.0. The van der Waals surface area contributed by atoms with Crippen molar-refractivity contribution in [2.24, 2.45) is 0 Å². The van der Waals surface area contributed by atoms with Crippen molar-refractivity contribution in [3.63, 3.8) is 0 Å².